The van der Waals surface area contributed by atoms with Gasteiger partial charge in [0, 0.05) is 6.04 Å². The molecule has 0 aromatic carbocycles. The van der Waals surface area contributed by atoms with Crippen molar-refractivity contribution in [2.75, 3.05) is 0 Å². The predicted octanol–water partition coefficient (Wildman–Crippen LogP) is 5.06. The standard InChI is InChI=1S/C19H33N/c1-2-3-4-5-6-7-18(20)14-19-11-15-8-16(12-19)10-17(9-15)13-19/h2,15-18H,1,3-14,20H2. The van der Waals surface area contributed by atoms with E-state index in [0.717, 1.165) is 17.8 Å². The molecule has 2 N–H and O–H groups in total. The van der Waals surface area contributed by atoms with Gasteiger partial charge in [-0.25, -0.2) is 0 Å². The third-order valence-corrected chi connectivity index (χ3v) is 6.34. The summed E-state index contributed by atoms with van der Waals surface area (Å²) in [4.78, 5) is 0. The molecule has 0 aromatic rings. The molecule has 4 aliphatic rings. The summed E-state index contributed by atoms with van der Waals surface area (Å²) in [6.45, 7) is 3.79. The first kappa shape index (κ1) is 14.6. The molecule has 4 saturated carbocycles. The highest BCUT2D eigenvalue weighted by Crippen LogP contribution is 2.61. The summed E-state index contributed by atoms with van der Waals surface area (Å²) in [6, 6.07) is 0.468. The van der Waals surface area contributed by atoms with Gasteiger partial charge in [-0.2, -0.15) is 0 Å². The van der Waals surface area contributed by atoms with Gasteiger partial charge in [0.2, 0.25) is 0 Å². The average molecular weight is 275 g/mol. The molecule has 0 spiro atoms. The molecule has 4 fully saturated rings. The SMILES string of the molecule is C=CCCCCCC(N)CC12CC3CC(CC(C3)C1)C2. The zero-order valence-corrected chi connectivity index (χ0v) is 13.2. The van der Waals surface area contributed by atoms with Crippen LogP contribution in [0.3, 0.4) is 0 Å². The van der Waals surface area contributed by atoms with Crippen molar-refractivity contribution >= 4 is 0 Å². The normalized spacial score (nSPS) is 40.0. The van der Waals surface area contributed by atoms with Crippen molar-refractivity contribution in [2.24, 2.45) is 28.9 Å². The number of nitrogens with two attached hydrogens (primary N) is 1. The van der Waals surface area contributed by atoms with E-state index in [4.69, 9.17) is 5.73 Å². The van der Waals surface area contributed by atoms with Crippen LogP contribution in [0.2, 0.25) is 0 Å². The molecule has 1 heteroatoms. The van der Waals surface area contributed by atoms with E-state index in [1.807, 2.05) is 6.08 Å². The van der Waals surface area contributed by atoms with Crippen molar-refractivity contribution in [1.82, 2.24) is 0 Å². The maximum atomic E-state index is 6.49. The third kappa shape index (κ3) is 3.30. The van der Waals surface area contributed by atoms with Gasteiger partial charge in [0.15, 0.2) is 0 Å². The lowest BCUT2D eigenvalue weighted by atomic mass is 9.48. The molecule has 1 atom stereocenters. The van der Waals surface area contributed by atoms with Crippen LogP contribution in [0.4, 0.5) is 0 Å². The minimum atomic E-state index is 0.468. The quantitative estimate of drug-likeness (QED) is 0.486. The first-order valence-corrected chi connectivity index (χ1v) is 9.05. The Labute approximate surface area is 125 Å². The van der Waals surface area contributed by atoms with Crippen LogP contribution in [0.15, 0.2) is 12.7 Å². The minimum absolute atomic E-state index is 0.468. The molecule has 0 aliphatic heterocycles. The van der Waals surface area contributed by atoms with E-state index < -0.39 is 0 Å². The molecule has 4 bridgehead atoms. The van der Waals surface area contributed by atoms with Gasteiger partial charge in [-0.3, -0.25) is 0 Å². The Kier molecular flexibility index (Phi) is 4.55. The van der Waals surface area contributed by atoms with E-state index in [1.165, 1.54) is 57.8 Å². The average Bonchev–Trinajstić information content (AvgIpc) is 2.36. The number of hydrogen-bond donors (Lipinski definition) is 1. The molecule has 1 unspecified atom stereocenters. The van der Waals surface area contributed by atoms with Crippen LogP contribution in [-0.4, -0.2) is 6.04 Å². The minimum Gasteiger partial charge on any atom is -0.328 e. The molecule has 4 rings (SSSR count). The van der Waals surface area contributed by atoms with Crippen molar-refractivity contribution in [1.29, 1.82) is 0 Å². The Morgan fingerprint density at radius 2 is 1.60 bits per heavy atom. The monoisotopic (exact) mass is 275 g/mol. The van der Waals surface area contributed by atoms with E-state index in [9.17, 15) is 0 Å². The fourth-order valence-corrected chi connectivity index (χ4v) is 6.07. The lowest BCUT2D eigenvalue weighted by Gasteiger charge is -2.57. The number of unbranched alkanes of at least 4 members (excludes halogenated alkanes) is 3. The highest BCUT2D eigenvalue weighted by atomic mass is 14.7. The summed E-state index contributed by atoms with van der Waals surface area (Å²) in [6.07, 6.45) is 18.9. The Morgan fingerprint density at radius 1 is 1.00 bits per heavy atom. The molecule has 0 amide bonds. The number of rotatable bonds is 8. The van der Waals surface area contributed by atoms with Crippen LogP contribution in [0.25, 0.3) is 0 Å². The van der Waals surface area contributed by atoms with Gasteiger partial charge >= 0.3 is 0 Å². The van der Waals surface area contributed by atoms with Gasteiger partial charge in [0.05, 0.1) is 0 Å². The molecular weight excluding hydrogens is 242 g/mol. The molecule has 114 valence electrons. The first-order chi connectivity index (χ1) is 9.69. The fraction of sp³-hybridized carbons (Fsp3) is 0.895. The number of hydrogen-bond acceptors (Lipinski definition) is 1. The topological polar surface area (TPSA) is 26.0 Å². The molecule has 0 radical (unpaired) electrons. The van der Waals surface area contributed by atoms with E-state index in [-0.39, 0.29) is 0 Å². The van der Waals surface area contributed by atoms with Gasteiger partial charge < -0.3 is 5.73 Å². The maximum absolute atomic E-state index is 6.49. The molecule has 4 aliphatic carbocycles. The summed E-state index contributed by atoms with van der Waals surface area (Å²) < 4.78 is 0. The number of allylic oxidation sites excluding steroid dienone is 1. The Morgan fingerprint density at radius 3 is 2.15 bits per heavy atom. The second kappa shape index (κ2) is 6.22. The van der Waals surface area contributed by atoms with Gasteiger partial charge in [0.1, 0.15) is 0 Å². The fourth-order valence-electron chi connectivity index (χ4n) is 6.07. The molecule has 20 heavy (non-hydrogen) atoms. The van der Waals surface area contributed by atoms with Crippen molar-refractivity contribution in [3.05, 3.63) is 12.7 Å². The van der Waals surface area contributed by atoms with Gasteiger partial charge in [-0.15, -0.1) is 6.58 Å². The zero-order chi connectivity index (χ0) is 14.0. The molecule has 0 aromatic heterocycles. The predicted molar refractivity (Wildman–Crippen MR) is 86.5 cm³/mol. The second-order valence-electron chi connectivity index (χ2n) is 8.31. The Bertz CT molecular complexity index is 297. The third-order valence-electron chi connectivity index (χ3n) is 6.34. The highest BCUT2D eigenvalue weighted by Gasteiger charge is 2.50. The van der Waals surface area contributed by atoms with Crippen LogP contribution < -0.4 is 5.73 Å². The van der Waals surface area contributed by atoms with Crippen molar-refractivity contribution in [3.8, 4) is 0 Å². The van der Waals surface area contributed by atoms with Crippen LogP contribution in [0, 0.1) is 23.2 Å². The van der Waals surface area contributed by atoms with E-state index in [0.29, 0.717) is 11.5 Å². The summed E-state index contributed by atoms with van der Waals surface area (Å²) in [5.74, 6) is 3.21. The Balaban J connectivity index is 1.44. The van der Waals surface area contributed by atoms with Crippen molar-refractivity contribution in [3.63, 3.8) is 0 Å². The van der Waals surface area contributed by atoms with Crippen LogP contribution in [0.5, 0.6) is 0 Å². The lowest BCUT2D eigenvalue weighted by molar-refractivity contribution is -0.0606. The van der Waals surface area contributed by atoms with E-state index in [1.54, 1.807) is 19.3 Å². The van der Waals surface area contributed by atoms with Gasteiger partial charge in [-0.1, -0.05) is 18.9 Å². The molecule has 0 saturated heterocycles. The largest absolute Gasteiger partial charge is 0.328 e. The Hall–Kier alpha value is -0.300. The van der Waals surface area contributed by atoms with Gasteiger partial charge in [-0.05, 0) is 87.4 Å². The molecule has 0 heterocycles. The lowest BCUT2D eigenvalue weighted by Crippen LogP contribution is -2.48. The summed E-state index contributed by atoms with van der Waals surface area (Å²) in [5.41, 5.74) is 7.17. The zero-order valence-electron chi connectivity index (χ0n) is 13.2. The van der Waals surface area contributed by atoms with Gasteiger partial charge in [0.25, 0.3) is 0 Å². The van der Waals surface area contributed by atoms with Crippen LogP contribution in [0.1, 0.15) is 77.0 Å². The van der Waals surface area contributed by atoms with E-state index in [2.05, 4.69) is 6.58 Å². The van der Waals surface area contributed by atoms with Crippen molar-refractivity contribution < 1.29 is 0 Å². The van der Waals surface area contributed by atoms with E-state index >= 15 is 0 Å². The highest BCUT2D eigenvalue weighted by molar-refractivity contribution is 5.02. The smallest absolute Gasteiger partial charge is 0.00441 e. The first-order valence-electron chi connectivity index (χ1n) is 9.05. The van der Waals surface area contributed by atoms with Crippen molar-refractivity contribution in [2.45, 2.75) is 83.1 Å². The van der Waals surface area contributed by atoms with Crippen LogP contribution >= 0.6 is 0 Å². The summed E-state index contributed by atoms with van der Waals surface area (Å²) in [5, 5.41) is 0. The maximum Gasteiger partial charge on any atom is 0.00441 e. The summed E-state index contributed by atoms with van der Waals surface area (Å²) in [7, 11) is 0. The van der Waals surface area contributed by atoms with Crippen LogP contribution in [-0.2, 0) is 0 Å². The second-order valence-corrected chi connectivity index (χ2v) is 8.31. The molecular formula is C19H33N. The molecule has 1 nitrogen and oxygen atoms in total. The summed E-state index contributed by atoms with van der Waals surface area (Å²) >= 11 is 0.